The largest absolute Gasteiger partial charge is 0.493 e. The van der Waals surface area contributed by atoms with Gasteiger partial charge in [-0.05, 0) is 44.2 Å². The number of benzene rings is 2. The Morgan fingerprint density at radius 1 is 1.14 bits per heavy atom. The zero-order valence-corrected chi connectivity index (χ0v) is 13.4. The maximum Gasteiger partial charge on any atom is 0.135 e. The van der Waals surface area contributed by atoms with Gasteiger partial charge in [-0.2, -0.15) is 0 Å². The minimum absolute atomic E-state index is 0.0119. The normalized spacial score (nSPS) is 20.1. The lowest BCUT2D eigenvalue weighted by Gasteiger charge is -2.34. The maximum atomic E-state index is 6.44. The van der Waals surface area contributed by atoms with Crippen LogP contribution in [0.25, 0.3) is 0 Å². The molecule has 1 heterocycles. The van der Waals surface area contributed by atoms with Crippen LogP contribution >= 0.6 is 0 Å². The highest BCUT2D eigenvalue weighted by molar-refractivity contribution is 5.41. The van der Waals surface area contributed by atoms with E-state index in [0.29, 0.717) is 12.5 Å². The van der Waals surface area contributed by atoms with Crippen molar-refractivity contribution in [1.82, 2.24) is 5.32 Å². The molecule has 0 aromatic heterocycles. The first-order chi connectivity index (χ1) is 10.7. The molecule has 0 aliphatic carbocycles. The number of hydrogen-bond acceptors (Lipinski definition) is 3. The van der Waals surface area contributed by atoms with Gasteiger partial charge in [-0.25, -0.2) is 0 Å². The molecule has 2 aromatic carbocycles. The van der Waals surface area contributed by atoms with Crippen molar-refractivity contribution in [2.24, 2.45) is 5.92 Å². The van der Waals surface area contributed by atoms with Crippen molar-refractivity contribution in [3.8, 4) is 11.5 Å². The molecule has 0 fully saturated rings. The number of nitrogens with one attached hydrogen (secondary N) is 1. The SMILES string of the molecule is CNCC1COc2ccccc2C1Oc1cccc(C)c1C. The first-order valence-corrected chi connectivity index (χ1v) is 7.80. The maximum absolute atomic E-state index is 6.44. The van der Waals surface area contributed by atoms with Crippen molar-refractivity contribution in [2.45, 2.75) is 20.0 Å². The highest BCUT2D eigenvalue weighted by Gasteiger charge is 2.32. The summed E-state index contributed by atoms with van der Waals surface area (Å²) in [6.45, 7) is 5.77. The number of para-hydroxylation sites is 1. The Bertz CT molecular complexity index is 654. The number of ether oxygens (including phenoxy) is 2. The third-order valence-electron chi connectivity index (χ3n) is 4.38. The molecule has 1 aliphatic heterocycles. The van der Waals surface area contributed by atoms with Gasteiger partial charge in [0.15, 0.2) is 0 Å². The Balaban J connectivity index is 1.95. The molecule has 3 rings (SSSR count). The molecule has 1 N–H and O–H groups in total. The lowest BCUT2D eigenvalue weighted by atomic mass is 9.92. The van der Waals surface area contributed by atoms with Crippen LogP contribution in [0.2, 0.25) is 0 Å². The first kappa shape index (κ1) is 14.9. The molecule has 2 aromatic rings. The summed E-state index contributed by atoms with van der Waals surface area (Å²) in [4.78, 5) is 0. The predicted molar refractivity (Wildman–Crippen MR) is 88.6 cm³/mol. The molecule has 3 nitrogen and oxygen atoms in total. The van der Waals surface area contributed by atoms with Crippen molar-refractivity contribution in [3.05, 3.63) is 59.2 Å². The van der Waals surface area contributed by atoms with Crippen LogP contribution in [0.15, 0.2) is 42.5 Å². The van der Waals surface area contributed by atoms with E-state index >= 15 is 0 Å². The lowest BCUT2D eigenvalue weighted by Crippen LogP contribution is -2.36. The zero-order valence-electron chi connectivity index (χ0n) is 13.4. The van der Waals surface area contributed by atoms with Gasteiger partial charge >= 0.3 is 0 Å². The molecule has 22 heavy (non-hydrogen) atoms. The van der Waals surface area contributed by atoms with Crippen LogP contribution in [-0.2, 0) is 0 Å². The fourth-order valence-corrected chi connectivity index (χ4v) is 2.96. The van der Waals surface area contributed by atoms with Gasteiger partial charge in [0.2, 0.25) is 0 Å². The van der Waals surface area contributed by atoms with Gasteiger partial charge in [0.1, 0.15) is 17.6 Å². The Morgan fingerprint density at radius 2 is 1.95 bits per heavy atom. The third kappa shape index (κ3) is 2.81. The van der Waals surface area contributed by atoms with Crippen LogP contribution in [0, 0.1) is 19.8 Å². The summed E-state index contributed by atoms with van der Waals surface area (Å²) in [5.74, 6) is 2.19. The van der Waals surface area contributed by atoms with Gasteiger partial charge in [-0.1, -0.05) is 30.3 Å². The molecule has 0 saturated heterocycles. The van der Waals surface area contributed by atoms with Crippen LogP contribution in [-0.4, -0.2) is 20.2 Å². The first-order valence-electron chi connectivity index (χ1n) is 7.80. The molecule has 0 saturated carbocycles. The van der Waals surface area contributed by atoms with Crippen molar-refractivity contribution in [2.75, 3.05) is 20.2 Å². The second-order valence-corrected chi connectivity index (χ2v) is 5.90. The van der Waals surface area contributed by atoms with E-state index in [4.69, 9.17) is 9.47 Å². The summed E-state index contributed by atoms with van der Waals surface area (Å²) in [6.07, 6.45) is 0.0119. The van der Waals surface area contributed by atoms with Crippen molar-refractivity contribution >= 4 is 0 Å². The van der Waals surface area contributed by atoms with Gasteiger partial charge < -0.3 is 14.8 Å². The molecule has 3 heteroatoms. The highest BCUT2D eigenvalue weighted by atomic mass is 16.5. The second kappa shape index (κ2) is 6.41. The molecule has 0 amide bonds. The lowest BCUT2D eigenvalue weighted by molar-refractivity contribution is 0.0699. The summed E-state index contributed by atoms with van der Waals surface area (Å²) in [5.41, 5.74) is 3.59. The fraction of sp³-hybridized carbons (Fsp3) is 0.368. The van der Waals surface area contributed by atoms with Crippen LogP contribution < -0.4 is 14.8 Å². The molecule has 116 valence electrons. The molecular formula is C19H23NO2. The smallest absolute Gasteiger partial charge is 0.135 e. The summed E-state index contributed by atoms with van der Waals surface area (Å²) < 4.78 is 12.3. The number of fused-ring (bicyclic) bond motifs is 1. The van der Waals surface area contributed by atoms with Crippen molar-refractivity contribution < 1.29 is 9.47 Å². The predicted octanol–water partition coefficient (Wildman–Crippen LogP) is 3.65. The van der Waals surface area contributed by atoms with E-state index in [1.165, 1.54) is 11.1 Å². The molecule has 2 atom stereocenters. The Kier molecular flexibility index (Phi) is 4.34. The van der Waals surface area contributed by atoms with E-state index in [9.17, 15) is 0 Å². The van der Waals surface area contributed by atoms with Gasteiger partial charge in [0, 0.05) is 18.0 Å². The molecule has 2 unspecified atom stereocenters. The molecule has 0 bridgehead atoms. The average molecular weight is 297 g/mol. The molecule has 0 spiro atoms. The quantitative estimate of drug-likeness (QED) is 0.934. The fourth-order valence-electron chi connectivity index (χ4n) is 2.96. The van der Waals surface area contributed by atoms with Crippen molar-refractivity contribution in [3.63, 3.8) is 0 Å². The Morgan fingerprint density at radius 3 is 2.77 bits per heavy atom. The van der Waals surface area contributed by atoms with E-state index in [1.54, 1.807) is 0 Å². The van der Waals surface area contributed by atoms with Gasteiger partial charge in [-0.15, -0.1) is 0 Å². The molecule has 1 aliphatic rings. The van der Waals surface area contributed by atoms with E-state index < -0.39 is 0 Å². The third-order valence-corrected chi connectivity index (χ3v) is 4.38. The second-order valence-electron chi connectivity index (χ2n) is 5.90. The van der Waals surface area contributed by atoms with E-state index in [2.05, 4.69) is 43.4 Å². The van der Waals surface area contributed by atoms with Gasteiger partial charge in [0.25, 0.3) is 0 Å². The summed E-state index contributed by atoms with van der Waals surface area (Å²) in [5, 5.41) is 3.25. The van der Waals surface area contributed by atoms with E-state index in [0.717, 1.165) is 23.6 Å². The monoisotopic (exact) mass is 297 g/mol. The number of hydrogen-bond donors (Lipinski definition) is 1. The molecular weight excluding hydrogens is 274 g/mol. The minimum Gasteiger partial charge on any atom is -0.493 e. The average Bonchev–Trinajstić information content (AvgIpc) is 2.54. The Hall–Kier alpha value is -2.00. The summed E-state index contributed by atoms with van der Waals surface area (Å²) in [7, 11) is 1.97. The standard InChI is InChI=1S/C19H23NO2/c1-13-7-6-10-17(14(13)2)22-19-15(11-20-3)12-21-18-9-5-4-8-16(18)19/h4-10,15,19-20H,11-12H2,1-3H3. The van der Waals surface area contributed by atoms with E-state index in [-0.39, 0.29) is 6.10 Å². The number of rotatable bonds is 4. The van der Waals surface area contributed by atoms with Crippen LogP contribution in [0.5, 0.6) is 11.5 Å². The minimum atomic E-state index is 0.0119. The summed E-state index contributed by atoms with van der Waals surface area (Å²) >= 11 is 0. The highest BCUT2D eigenvalue weighted by Crippen LogP contribution is 2.39. The Labute approximate surface area is 132 Å². The van der Waals surface area contributed by atoms with Crippen LogP contribution in [0.4, 0.5) is 0 Å². The van der Waals surface area contributed by atoms with Crippen LogP contribution in [0.3, 0.4) is 0 Å². The van der Waals surface area contributed by atoms with E-state index in [1.807, 2.05) is 25.2 Å². The number of aryl methyl sites for hydroxylation is 1. The molecule has 0 radical (unpaired) electrons. The van der Waals surface area contributed by atoms with Gasteiger partial charge in [0.05, 0.1) is 6.61 Å². The topological polar surface area (TPSA) is 30.5 Å². The summed E-state index contributed by atoms with van der Waals surface area (Å²) in [6, 6.07) is 14.4. The van der Waals surface area contributed by atoms with Crippen molar-refractivity contribution in [1.29, 1.82) is 0 Å². The van der Waals surface area contributed by atoms with Crippen LogP contribution in [0.1, 0.15) is 22.8 Å². The van der Waals surface area contributed by atoms with Gasteiger partial charge in [-0.3, -0.25) is 0 Å². The zero-order chi connectivity index (χ0) is 15.5.